The molecule has 0 aliphatic heterocycles. The van der Waals surface area contributed by atoms with Crippen LogP contribution in [0.1, 0.15) is 38.7 Å². The minimum absolute atomic E-state index is 0.222. The van der Waals surface area contributed by atoms with E-state index in [1.807, 2.05) is 0 Å². The summed E-state index contributed by atoms with van der Waals surface area (Å²) in [6.07, 6.45) is 12.9. The summed E-state index contributed by atoms with van der Waals surface area (Å²) in [4.78, 5) is 0. The number of hydrogen-bond donors (Lipinski definition) is 0. The normalized spacial score (nSPS) is 27.3. The summed E-state index contributed by atoms with van der Waals surface area (Å²) in [5, 5.41) is 0. The standard InChI is InChI=1S/C17H22/c1-3-13-17(16-11-6-5-7-12-16)14-9-8-10-15(17)4-2/h5-12,14-15H,3-4,13H2,1-2H3. The van der Waals surface area contributed by atoms with Crippen molar-refractivity contribution >= 4 is 0 Å². The minimum Gasteiger partial charge on any atom is -0.0802 e. The fourth-order valence-corrected chi connectivity index (χ4v) is 3.11. The first-order valence-corrected chi connectivity index (χ1v) is 6.75. The first-order chi connectivity index (χ1) is 8.33. The van der Waals surface area contributed by atoms with Crippen molar-refractivity contribution in [3.8, 4) is 0 Å². The Morgan fingerprint density at radius 3 is 2.47 bits per heavy atom. The highest BCUT2D eigenvalue weighted by Crippen LogP contribution is 2.42. The zero-order valence-electron chi connectivity index (χ0n) is 10.9. The molecule has 0 nitrogen and oxygen atoms in total. The van der Waals surface area contributed by atoms with Crippen LogP contribution in [-0.2, 0) is 5.41 Å². The fraction of sp³-hybridized carbons (Fsp3) is 0.412. The third-order valence-electron chi connectivity index (χ3n) is 3.92. The highest BCUT2D eigenvalue weighted by atomic mass is 14.4. The summed E-state index contributed by atoms with van der Waals surface area (Å²) in [6, 6.07) is 11.0. The van der Waals surface area contributed by atoms with E-state index in [0.29, 0.717) is 5.92 Å². The van der Waals surface area contributed by atoms with Crippen molar-refractivity contribution in [1.82, 2.24) is 0 Å². The van der Waals surface area contributed by atoms with Crippen molar-refractivity contribution in [2.24, 2.45) is 5.92 Å². The van der Waals surface area contributed by atoms with Crippen molar-refractivity contribution < 1.29 is 0 Å². The maximum Gasteiger partial charge on any atom is 0.0197 e. The van der Waals surface area contributed by atoms with E-state index >= 15 is 0 Å². The van der Waals surface area contributed by atoms with E-state index in [0.717, 1.165) is 0 Å². The highest BCUT2D eigenvalue weighted by molar-refractivity contribution is 5.37. The molecule has 0 N–H and O–H groups in total. The molecule has 2 unspecified atom stereocenters. The van der Waals surface area contributed by atoms with E-state index in [2.05, 4.69) is 68.5 Å². The number of rotatable bonds is 4. The molecule has 0 heteroatoms. The van der Waals surface area contributed by atoms with Gasteiger partial charge in [-0.1, -0.05) is 74.9 Å². The van der Waals surface area contributed by atoms with Crippen molar-refractivity contribution in [3.63, 3.8) is 0 Å². The third kappa shape index (κ3) is 2.22. The van der Waals surface area contributed by atoms with Gasteiger partial charge in [-0.2, -0.15) is 0 Å². The summed E-state index contributed by atoms with van der Waals surface area (Å²) in [6.45, 7) is 4.57. The molecule has 90 valence electrons. The van der Waals surface area contributed by atoms with E-state index in [4.69, 9.17) is 0 Å². The number of benzene rings is 1. The molecule has 1 aromatic rings. The highest BCUT2D eigenvalue weighted by Gasteiger charge is 2.35. The van der Waals surface area contributed by atoms with Crippen LogP contribution in [0.3, 0.4) is 0 Å². The monoisotopic (exact) mass is 226 g/mol. The third-order valence-corrected chi connectivity index (χ3v) is 3.92. The Morgan fingerprint density at radius 2 is 1.82 bits per heavy atom. The van der Waals surface area contributed by atoms with Gasteiger partial charge in [-0.05, 0) is 24.3 Å². The summed E-state index contributed by atoms with van der Waals surface area (Å²) >= 11 is 0. The zero-order chi connectivity index (χ0) is 12.1. The molecular weight excluding hydrogens is 204 g/mol. The number of hydrogen-bond acceptors (Lipinski definition) is 0. The second-order valence-corrected chi connectivity index (χ2v) is 4.92. The van der Waals surface area contributed by atoms with Crippen molar-refractivity contribution in [1.29, 1.82) is 0 Å². The lowest BCUT2D eigenvalue weighted by Crippen LogP contribution is -2.33. The quantitative estimate of drug-likeness (QED) is 0.686. The van der Waals surface area contributed by atoms with Crippen LogP contribution in [0, 0.1) is 5.92 Å². The molecule has 2 rings (SSSR count). The van der Waals surface area contributed by atoms with Crippen LogP contribution in [0.15, 0.2) is 54.6 Å². The number of allylic oxidation sites excluding steroid dienone is 4. The van der Waals surface area contributed by atoms with Gasteiger partial charge in [-0.3, -0.25) is 0 Å². The molecule has 1 aromatic carbocycles. The fourth-order valence-electron chi connectivity index (χ4n) is 3.11. The Kier molecular flexibility index (Phi) is 3.83. The molecule has 0 fully saturated rings. The lowest BCUT2D eigenvalue weighted by Gasteiger charge is -2.39. The first-order valence-electron chi connectivity index (χ1n) is 6.75. The summed E-state index contributed by atoms with van der Waals surface area (Å²) < 4.78 is 0. The summed E-state index contributed by atoms with van der Waals surface area (Å²) in [7, 11) is 0. The van der Waals surface area contributed by atoms with Gasteiger partial charge in [0, 0.05) is 5.41 Å². The van der Waals surface area contributed by atoms with Gasteiger partial charge in [0.25, 0.3) is 0 Å². The minimum atomic E-state index is 0.222. The molecule has 0 saturated carbocycles. The molecule has 0 spiro atoms. The van der Waals surface area contributed by atoms with Crippen LogP contribution in [-0.4, -0.2) is 0 Å². The van der Waals surface area contributed by atoms with Crippen LogP contribution in [0.4, 0.5) is 0 Å². The van der Waals surface area contributed by atoms with E-state index < -0.39 is 0 Å². The van der Waals surface area contributed by atoms with Crippen molar-refractivity contribution in [3.05, 3.63) is 60.2 Å². The predicted octanol–water partition coefficient (Wildman–Crippen LogP) is 4.88. The SMILES string of the molecule is CCCC1(c2ccccc2)C=CC=CC1CC. The molecule has 17 heavy (non-hydrogen) atoms. The Labute approximate surface area is 105 Å². The maximum absolute atomic E-state index is 2.42. The van der Waals surface area contributed by atoms with Crippen molar-refractivity contribution in [2.75, 3.05) is 0 Å². The van der Waals surface area contributed by atoms with Gasteiger partial charge in [-0.25, -0.2) is 0 Å². The topological polar surface area (TPSA) is 0 Å². The Bertz CT molecular complexity index is 399. The van der Waals surface area contributed by atoms with Crippen molar-refractivity contribution in [2.45, 2.75) is 38.5 Å². The summed E-state index contributed by atoms with van der Waals surface area (Å²) in [5.41, 5.74) is 1.69. The van der Waals surface area contributed by atoms with Crippen LogP contribution in [0.2, 0.25) is 0 Å². The van der Waals surface area contributed by atoms with Gasteiger partial charge in [-0.15, -0.1) is 0 Å². The van der Waals surface area contributed by atoms with Crippen LogP contribution in [0.25, 0.3) is 0 Å². The van der Waals surface area contributed by atoms with E-state index in [9.17, 15) is 0 Å². The van der Waals surface area contributed by atoms with Gasteiger partial charge in [0.05, 0.1) is 0 Å². The molecule has 2 atom stereocenters. The zero-order valence-corrected chi connectivity index (χ0v) is 10.9. The van der Waals surface area contributed by atoms with E-state index in [1.165, 1.54) is 24.8 Å². The predicted molar refractivity (Wildman–Crippen MR) is 75.1 cm³/mol. The Balaban J connectivity index is 2.45. The lowest BCUT2D eigenvalue weighted by molar-refractivity contribution is 0.351. The average molecular weight is 226 g/mol. The largest absolute Gasteiger partial charge is 0.0802 e. The molecule has 0 saturated heterocycles. The van der Waals surface area contributed by atoms with Crippen LogP contribution < -0.4 is 0 Å². The van der Waals surface area contributed by atoms with Gasteiger partial charge < -0.3 is 0 Å². The van der Waals surface area contributed by atoms with Crippen LogP contribution in [0.5, 0.6) is 0 Å². The Morgan fingerprint density at radius 1 is 1.06 bits per heavy atom. The Hall–Kier alpha value is -1.30. The average Bonchev–Trinajstić information content (AvgIpc) is 2.40. The van der Waals surface area contributed by atoms with Gasteiger partial charge >= 0.3 is 0 Å². The van der Waals surface area contributed by atoms with Crippen LogP contribution >= 0.6 is 0 Å². The second-order valence-electron chi connectivity index (χ2n) is 4.92. The molecule has 1 aliphatic rings. The molecule has 0 radical (unpaired) electrons. The second kappa shape index (κ2) is 5.35. The van der Waals surface area contributed by atoms with Gasteiger partial charge in [0.2, 0.25) is 0 Å². The molecule has 1 aliphatic carbocycles. The molecular formula is C17H22. The van der Waals surface area contributed by atoms with E-state index in [1.54, 1.807) is 0 Å². The maximum atomic E-state index is 2.42. The first kappa shape index (κ1) is 12.2. The smallest absolute Gasteiger partial charge is 0.0197 e. The molecule has 0 bridgehead atoms. The molecule has 0 heterocycles. The molecule has 0 aromatic heterocycles. The lowest BCUT2D eigenvalue weighted by atomic mass is 9.65. The van der Waals surface area contributed by atoms with Gasteiger partial charge in [0.1, 0.15) is 0 Å². The summed E-state index contributed by atoms with van der Waals surface area (Å²) in [5.74, 6) is 0.634. The van der Waals surface area contributed by atoms with Gasteiger partial charge in [0.15, 0.2) is 0 Å². The van der Waals surface area contributed by atoms with E-state index in [-0.39, 0.29) is 5.41 Å². The molecule has 0 amide bonds.